The van der Waals surface area contributed by atoms with Gasteiger partial charge in [-0.05, 0) is 19.4 Å². The lowest BCUT2D eigenvalue weighted by Crippen LogP contribution is -2.41. The lowest BCUT2D eigenvalue weighted by Gasteiger charge is -2.26. The van der Waals surface area contributed by atoms with Gasteiger partial charge in [0.2, 0.25) is 0 Å². The molecule has 8 heteroatoms. The van der Waals surface area contributed by atoms with Crippen molar-refractivity contribution in [1.82, 2.24) is 10.2 Å². The molecule has 0 spiro atoms. The number of nitrogens with one attached hydrogen (secondary N) is 1. The molecule has 0 aromatic heterocycles. The number of rotatable bonds is 10. The highest BCUT2D eigenvalue weighted by atomic mass is 35.5. The zero-order chi connectivity index (χ0) is 17.1. The minimum Gasteiger partial charge on any atom is -0.334 e. The highest BCUT2D eigenvalue weighted by Crippen LogP contribution is 2.48. The summed E-state index contributed by atoms with van der Waals surface area (Å²) in [5.74, 6) is 0.233. The second kappa shape index (κ2) is 10.7. The molecule has 0 unspecified atom stereocenters. The summed E-state index contributed by atoms with van der Waals surface area (Å²) in [4.78, 5) is 13.7. The van der Waals surface area contributed by atoms with Gasteiger partial charge in [0.1, 0.15) is 6.29 Å². The van der Waals surface area contributed by atoms with Crippen molar-refractivity contribution in [3.63, 3.8) is 0 Å². The second-order valence-electron chi connectivity index (χ2n) is 4.68. The van der Waals surface area contributed by atoms with Gasteiger partial charge in [0.05, 0.1) is 13.2 Å². The molecule has 130 valence electrons. The Labute approximate surface area is 142 Å². The van der Waals surface area contributed by atoms with Gasteiger partial charge < -0.3 is 19.3 Å². The van der Waals surface area contributed by atoms with Crippen LogP contribution in [0.1, 0.15) is 19.4 Å². The molecule has 0 saturated carbocycles. The average Bonchev–Trinajstić information content (AvgIpc) is 2.53. The van der Waals surface area contributed by atoms with Crippen LogP contribution < -0.4 is 5.32 Å². The second-order valence-corrected chi connectivity index (χ2v) is 7.08. The molecule has 6 nitrogen and oxygen atoms in total. The first-order valence-electron chi connectivity index (χ1n) is 7.55. The molecule has 1 N–H and O–H groups in total. The highest BCUT2D eigenvalue weighted by molar-refractivity contribution is 7.53. The third-order valence-corrected chi connectivity index (χ3v) is 5.08. The van der Waals surface area contributed by atoms with Gasteiger partial charge in [0.15, 0.2) is 0 Å². The molecule has 1 rings (SSSR count). The van der Waals surface area contributed by atoms with E-state index < -0.39 is 7.60 Å². The summed E-state index contributed by atoms with van der Waals surface area (Å²) in [6.07, 6.45) is -0.123. The van der Waals surface area contributed by atoms with Gasteiger partial charge in [0, 0.05) is 19.0 Å². The molecule has 1 aromatic rings. The summed E-state index contributed by atoms with van der Waals surface area (Å²) < 4.78 is 23.0. The van der Waals surface area contributed by atoms with Crippen molar-refractivity contribution in [2.24, 2.45) is 0 Å². The summed E-state index contributed by atoms with van der Waals surface area (Å²) in [5, 5.41) is 2.79. The zero-order valence-corrected chi connectivity index (χ0v) is 15.2. The van der Waals surface area contributed by atoms with E-state index in [4.69, 9.17) is 20.6 Å². The predicted molar refractivity (Wildman–Crippen MR) is 91.8 cm³/mol. The van der Waals surface area contributed by atoms with Gasteiger partial charge in [-0.2, -0.15) is 0 Å². The summed E-state index contributed by atoms with van der Waals surface area (Å²) in [6, 6.07) is 9.18. The number of nitrogens with zero attached hydrogens (tertiary/aromatic N) is 1. The Bertz CT molecular complexity index is 505. The summed E-state index contributed by atoms with van der Waals surface area (Å²) in [6.45, 7) is 4.59. The Kier molecular flexibility index (Phi) is 9.26. The van der Waals surface area contributed by atoms with Crippen molar-refractivity contribution < 1.29 is 18.4 Å². The van der Waals surface area contributed by atoms with Crippen LogP contribution in [-0.2, 0) is 20.2 Å². The fraction of sp³-hybridized carbons (Fsp3) is 0.533. The van der Waals surface area contributed by atoms with Gasteiger partial charge in [-0.15, -0.1) is 11.6 Å². The van der Waals surface area contributed by atoms with Crippen LogP contribution >= 0.6 is 19.2 Å². The predicted octanol–water partition coefficient (Wildman–Crippen LogP) is 3.66. The Morgan fingerprint density at radius 2 is 1.83 bits per heavy atom. The molecular weight excluding hydrogens is 339 g/mol. The van der Waals surface area contributed by atoms with Crippen molar-refractivity contribution in [2.45, 2.75) is 20.4 Å². The SMILES string of the molecule is CCOP(=O)(CN(CCCl)C(=O)NCc1ccccc1)OCC. The van der Waals surface area contributed by atoms with Crippen LogP contribution in [0.2, 0.25) is 0 Å². The van der Waals surface area contributed by atoms with Crippen LogP contribution in [0.25, 0.3) is 0 Å². The van der Waals surface area contributed by atoms with Crippen LogP contribution in [0, 0.1) is 0 Å². The third-order valence-electron chi connectivity index (χ3n) is 2.92. The first kappa shape index (κ1) is 20.0. The van der Waals surface area contributed by atoms with E-state index in [2.05, 4.69) is 5.32 Å². The van der Waals surface area contributed by atoms with E-state index in [0.29, 0.717) is 6.54 Å². The number of hydrogen-bond donors (Lipinski definition) is 1. The number of hydrogen-bond acceptors (Lipinski definition) is 4. The lowest BCUT2D eigenvalue weighted by atomic mass is 10.2. The standard InChI is InChI=1S/C15H24ClN2O4P/c1-3-21-23(20,22-4-2)13-18(11-10-16)15(19)17-12-14-8-6-5-7-9-14/h5-9H,3-4,10-13H2,1-2H3,(H,17,19). The molecule has 0 fully saturated rings. The van der Waals surface area contributed by atoms with E-state index in [9.17, 15) is 9.36 Å². The van der Waals surface area contributed by atoms with E-state index in [1.807, 2.05) is 30.3 Å². The maximum atomic E-state index is 12.6. The number of amides is 2. The minimum atomic E-state index is -3.35. The van der Waals surface area contributed by atoms with Gasteiger partial charge in [0.25, 0.3) is 0 Å². The quantitative estimate of drug-likeness (QED) is 0.509. The van der Waals surface area contributed by atoms with Gasteiger partial charge in [-0.3, -0.25) is 4.57 Å². The maximum absolute atomic E-state index is 12.6. The third kappa shape index (κ3) is 7.36. The molecule has 0 saturated heterocycles. The fourth-order valence-corrected chi connectivity index (χ4v) is 3.86. The largest absolute Gasteiger partial charge is 0.349 e. The van der Waals surface area contributed by atoms with Crippen molar-refractivity contribution in [3.05, 3.63) is 35.9 Å². The molecule has 0 bridgehead atoms. The van der Waals surface area contributed by atoms with Crippen LogP contribution in [0.4, 0.5) is 4.79 Å². The normalized spacial score (nSPS) is 11.3. The first-order chi connectivity index (χ1) is 11.0. The zero-order valence-electron chi connectivity index (χ0n) is 13.5. The number of carbonyl (C=O) groups is 1. The number of alkyl halides is 1. The van der Waals surface area contributed by atoms with Crippen LogP contribution in [0.3, 0.4) is 0 Å². The molecule has 1 aromatic carbocycles. The summed E-state index contributed by atoms with van der Waals surface area (Å²) in [7, 11) is -3.35. The highest BCUT2D eigenvalue weighted by Gasteiger charge is 2.29. The Morgan fingerprint density at radius 3 is 2.35 bits per heavy atom. The average molecular weight is 363 g/mol. The van der Waals surface area contributed by atoms with Crippen LogP contribution in [-0.4, -0.2) is 42.9 Å². The van der Waals surface area contributed by atoms with Gasteiger partial charge in [-0.25, -0.2) is 4.79 Å². The molecule has 23 heavy (non-hydrogen) atoms. The van der Waals surface area contributed by atoms with Crippen molar-refractivity contribution in [1.29, 1.82) is 0 Å². The molecule has 0 aliphatic heterocycles. The van der Waals surface area contributed by atoms with Crippen LogP contribution in [0.5, 0.6) is 0 Å². The van der Waals surface area contributed by atoms with E-state index in [-0.39, 0.29) is 38.0 Å². The van der Waals surface area contributed by atoms with Crippen molar-refractivity contribution >= 4 is 25.2 Å². The van der Waals surface area contributed by atoms with Gasteiger partial charge in [-0.1, -0.05) is 30.3 Å². The summed E-state index contributed by atoms with van der Waals surface area (Å²) >= 11 is 5.75. The van der Waals surface area contributed by atoms with Crippen LogP contribution in [0.15, 0.2) is 30.3 Å². The molecule has 0 radical (unpaired) electrons. The first-order valence-corrected chi connectivity index (χ1v) is 9.81. The Balaban J connectivity index is 2.68. The van der Waals surface area contributed by atoms with E-state index in [1.165, 1.54) is 4.90 Å². The smallest absolute Gasteiger partial charge is 0.334 e. The van der Waals surface area contributed by atoms with E-state index in [1.54, 1.807) is 13.8 Å². The maximum Gasteiger partial charge on any atom is 0.349 e. The monoisotopic (exact) mass is 362 g/mol. The molecule has 2 amide bonds. The topological polar surface area (TPSA) is 67.9 Å². The summed E-state index contributed by atoms with van der Waals surface area (Å²) in [5.41, 5.74) is 0.976. The minimum absolute atomic E-state index is 0.123. The van der Waals surface area contributed by atoms with E-state index >= 15 is 0 Å². The molecule has 0 atom stereocenters. The fourth-order valence-electron chi connectivity index (χ4n) is 1.95. The number of halogens is 1. The number of urea groups is 1. The molecule has 0 heterocycles. The lowest BCUT2D eigenvalue weighted by molar-refractivity contribution is 0.185. The van der Waals surface area contributed by atoms with Crippen molar-refractivity contribution in [3.8, 4) is 0 Å². The molecular formula is C15H24ClN2O4P. The van der Waals surface area contributed by atoms with E-state index in [0.717, 1.165) is 5.56 Å². The molecule has 0 aliphatic rings. The Hall–Kier alpha value is -1.07. The van der Waals surface area contributed by atoms with Crippen molar-refractivity contribution in [2.75, 3.05) is 31.9 Å². The number of carbonyl (C=O) groups excluding carboxylic acids is 1. The van der Waals surface area contributed by atoms with Gasteiger partial charge >= 0.3 is 13.6 Å². The number of benzene rings is 1. The molecule has 0 aliphatic carbocycles. The Morgan fingerprint density at radius 1 is 1.22 bits per heavy atom.